The second-order valence-corrected chi connectivity index (χ2v) is 2.89. The molecule has 0 aliphatic rings. The van der Waals surface area contributed by atoms with Gasteiger partial charge in [-0.15, -0.1) is 12.4 Å². The summed E-state index contributed by atoms with van der Waals surface area (Å²) in [6.07, 6.45) is 0. The van der Waals surface area contributed by atoms with Gasteiger partial charge in [-0.3, -0.25) is 0 Å². The van der Waals surface area contributed by atoms with E-state index in [1.807, 2.05) is 0 Å². The van der Waals surface area contributed by atoms with Crippen molar-refractivity contribution in [2.24, 2.45) is 11.5 Å². The molecule has 0 fully saturated rings. The van der Waals surface area contributed by atoms with Crippen molar-refractivity contribution in [3.05, 3.63) is 34.6 Å². The third kappa shape index (κ3) is 2.81. The van der Waals surface area contributed by atoms with Crippen LogP contribution in [0.4, 0.5) is 4.39 Å². The molecule has 0 aliphatic carbocycles. The maximum absolute atomic E-state index is 13.2. The Morgan fingerprint density at radius 2 is 2.08 bits per heavy atom. The van der Waals surface area contributed by atoms with Gasteiger partial charge in [-0.2, -0.15) is 0 Å². The molecule has 74 valence electrons. The maximum Gasteiger partial charge on any atom is 0.146 e. The minimum atomic E-state index is -0.483. The van der Waals surface area contributed by atoms with Crippen LogP contribution in [-0.2, 0) is 0 Å². The van der Waals surface area contributed by atoms with Crippen LogP contribution in [0.3, 0.4) is 0 Å². The highest BCUT2D eigenvalue weighted by Crippen LogP contribution is 2.21. The summed E-state index contributed by atoms with van der Waals surface area (Å²) in [5.41, 5.74) is 11.2. The van der Waals surface area contributed by atoms with Gasteiger partial charge >= 0.3 is 0 Å². The van der Waals surface area contributed by atoms with E-state index in [1.165, 1.54) is 6.07 Å². The predicted molar refractivity (Wildman–Crippen MR) is 54.6 cm³/mol. The molecule has 0 aromatic heterocycles. The molecular weight excluding hydrogens is 214 g/mol. The first-order valence-corrected chi connectivity index (χ1v) is 3.94. The van der Waals surface area contributed by atoms with E-state index in [9.17, 15) is 4.39 Å². The second-order valence-electron chi connectivity index (χ2n) is 2.49. The number of hydrogen-bond donors (Lipinski definition) is 2. The molecule has 0 saturated carbocycles. The molecule has 0 aliphatic heterocycles. The monoisotopic (exact) mass is 224 g/mol. The van der Waals surface area contributed by atoms with Crippen LogP contribution in [0.15, 0.2) is 18.2 Å². The van der Waals surface area contributed by atoms with Gasteiger partial charge in [0, 0.05) is 18.2 Å². The van der Waals surface area contributed by atoms with E-state index in [0.717, 1.165) is 0 Å². The fraction of sp³-hybridized carbons (Fsp3) is 0.250. The summed E-state index contributed by atoms with van der Waals surface area (Å²) >= 11 is 5.54. The van der Waals surface area contributed by atoms with E-state index in [4.69, 9.17) is 23.1 Å². The van der Waals surface area contributed by atoms with Crippen LogP contribution < -0.4 is 11.5 Å². The van der Waals surface area contributed by atoms with Gasteiger partial charge in [0.25, 0.3) is 0 Å². The van der Waals surface area contributed by atoms with Crippen molar-refractivity contribution < 1.29 is 4.39 Å². The molecule has 0 bridgehead atoms. The molecule has 1 aromatic carbocycles. The zero-order valence-electron chi connectivity index (χ0n) is 6.84. The number of halogens is 3. The predicted octanol–water partition coefficient (Wildman–Crippen LogP) is 1.86. The van der Waals surface area contributed by atoms with E-state index < -0.39 is 11.9 Å². The Kier molecular flexibility index (Phi) is 5.25. The molecule has 0 saturated heterocycles. The first-order valence-electron chi connectivity index (χ1n) is 3.56. The molecule has 1 atom stereocenters. The van der Waals surface area contributed by atoms with Crippen molar-refractivity contribution in [3.8, 4) is 0 Å². The molecule has 0 radical (unpaired) electrons. The molecule has 1 aromatic rings. The van der Waals surface area contributed by atoms with Crippen molar-refractivity contribution in [1.29, 1.82) is 0 Å². The van der Waals surface area contributed by atoms with Crippen molar-refractivity contribution in [2.45, 2.75) is 6.04 Å². The summed E-state index contributed by atoms with van der Waals surface area (Å²) < 4.78 is 13.2. The molecule has 2 nitrogen and oxygen atoms in total. The molecule has 13 heavy (non-hydrogen) atoms. The van der Waals surface area contributed by atoms with Gasteiger partial charge in [0.2, 0.25) is 0 Å². The smallest absolute Gasteiger partial charge is 0.146 e. The lowest BCUT2D eigenvalue weighted by Gasteiger charge is -2.10. The standard InChI is InChI=1S/C8H10ClFN2.ClH/c9-6-3-1-2-5(8(6)10)7(12)4-11;/h1-3,7H,4,11-12H2;1H/t7-;/m0./s1. The summed E-state index contributed by atoms with van der Waals surface area (Å²) in [7, 11) is 0. The van der Waals surface area contributed by atoms with Crippen LogP contribution in [0.5, 0.6) is 0 Å². The molecule has 0 amide bonds. The minimum Gasteiger partial charge on any atom is -0.329 e. The highest BCUT2D eigenvalue weighted by atomic mass is 35.5. The Labute approximate surface area is 87.5 Å². The summed E-state index contributed by atoms with van der Waals surface area (Å²) in [5, 5.41) is 0.0800. The topological polar surface area (TPSA) is 52.0 Å². The van der Waals surface area contributed by atoms with Gasteiger partial charge in [-0.1, -0.05) is 23.7 Å². The number of hydrogen-bond acceptors (Lipinski definition) is 2. The van der Waals surface area contributed by atoms with E-state index in [0.29, 0.717) is 5.56 Å². The molecule has 0 heterocycles. The molecular formula is C8H11Cl2FN2. The van der Waals surface area contributed by atoms with Crippen molar-refractivity contribution in [1.82, 2.24) is 0 Å². The van der Waals surface area contributed by atoms with Crippen molar-refractivity contribution in [2.75, 3.05) is 6.54 Å². The molecule has 0 unspecified atom stereocenters. The SMILES string of the molecule is Cl.NC[C@H](N)c1cccc(Cl)c1F. The maximum atomic E-state index is 13.2. The lowest BCUT2D eigenvalue weighted by Crippen LogP contribution is -2.21. The first-order chi connectivity index (χ1) is 5.66. The zero-order valence-corrected chi connectivity index (χ0v) is 8.41. The van der Waals surface area contributed by atoms with E-state index in [1.54, 1.807) is 12.1 Å². The van der Waals surface area contributed by atoms with Gasteiger partial charge in [0.15, 0.2) is 0 Å². The van der Waals surface area contributed by atoms with E-state index >= 15 is 0 Å². The Balaban J connectivity index is 0.00000144. The van der Waals surface area contributed by atoms with Crippen LogP contribution in [0.1, 0.15) is 11.6 Å². The quantitative estimate of drug-likeness (QED) is 0.807. The average Bonchev–Trinajstić information content (AvgIpc) is 2.08. The fourth-order valence-corrected chi connectivity index (χ4v) is 1.12. The van der Waals surface area contributed by atoms with Crippen molar-refractivity contribution >= 4 is 24.0 Å². The zero-order chi connectivity index (χ0) is 9.14. The third-order valence-corrected chi connectivity index (χ3v) is 1.93. The van der Waals surface area contributed by atoms with Crippen LogP contribution in [0.2, 0.25) is 5.02 Å². The average molecular weight is 225 g/mol. The van der Waals surface area contributed by atoms with Crippen LogP contribution in [0, 0.1) is 5.82 Å². The third-order valence-electron chi connectivity index (χ3n) is 1.63. The lowest BCUT2D eigenvalue weighted by molar-refractivity contribution is 0.584. The van der Waals surface area contributed by atoms with Gasteiger partial charge in [-0.25, -0.2) is 4.39 Å². The summed E-state index contributed by atoms with van der Waals surface area (Å²) in [4.78, 5) is 0. The fourth-order valence-electron chi connectivity index (χ4n) is 0.934. The van der Waals surface area contributed by atoms with Crippen LogP contribution in [0.25, 0.3) is 0 Å². The summed E-state index contributed by atoms with van der Waals surface area (Å²) in [6, 6.07) is 4.22. The van der Waals surface area contributed by atoms with Gasteiger partial charge in [0.05, 0.1) is 5.02 Å². The molecule has 5 heteroatoms. The summed E-state index contributed by atoms with van der Waals surface area (Å²) in [5.74, 6) is -0.475. The summed E-state index contributed by atoms with van der Waals surface area (Å²) in [6.45, 7) is 0.206. The second kappa shape index (κ2) is 5.40. The molecule has 1 rings (SSSR count). The number of rotatable bonds is 2. The van der Waals surface area contributed by atoms with Crippen LogP contribution in [-0.4, -0.2) is 6.54 Å². The number of benzene rings is 1. The largest absolute Gasteiger partial charge is 0.329 e. The van der Waals surface area contributed by atoms with Gasteiger partial charge in [-0.05, 0) is 6.07 Å². The minimum absolute atomic E-state index is 0. The Morgan fingerprint density at radius 1 is 1.46 bits per heavy atom. The highest BCUT2D eigenvalue weighted by Gasteiger charge is 2.11. The molecule has 0 spiro atoms. The highest BCUT2D eigenvalue weighted by molar-refractivity contribution is 6.30. The van der Waals surface area contributed by atoms with E-state index in [-0.39, 0.29) is 24.0 Å². The Bertz CT molecular complexity index is 281. The molecule has 4 N–H and O–H groups in total. The normalized spacial score (nSPS) is 12.0. The Morgan fingerprint density at radius 3 is 2.62 bits per heavy atom. The first kappa shape index (κ1) is 12.7. The number of nitrogens with two attached hydrogens (primary N) is 2. The van der Waals surface area contributed by atoms with Crippen LogP contribution >= 0.6 is 24.0 Å². The van der Waals surface area contributed by atoms with Gasteiger partial charge < -0.3 is 11.5 Å². The van der Waals surface area contributed by atoms with E-state index in [2.05, 4.69) is 0 Å². The van der Waals surface area contributed by atoms with Crippen molar-refractivity contribution in [3.63, 3.8) is 0 Å². The Hall–Kier alpha value is -0.350. The van der Waals surface area contributed by atoms with Gasteiger partial charge in [0.1, 0.15) is 5.82 Å². The lowest BCUT2D eigenvalue weighted by atomic mass is 10.1.